The molecule has 0 amide bonds. The van der Waals surface area contributed by atoms with Crippen LogP contribution in [-0.4, -0.2) is 36.6 Å². The Labute approximate surface area is 150 Å². The zero-order chi connectivity index (χ0) is 16.7. The van der Waals surface area contributed by atoms with E-state index in [1.807, 2.05) is 24.3 Å². The van der Waals surface area contributed by atoms with Gasteiger partial charge in [-0.2, -0.15) is 9.78 Å². The Morgan fingerprint density at radius 3 is 2.67 bits per heavy atom. The summed E-state index contributed by atoms with van der Waals surface area (Å²) < 4.78 is 2.61. The van der Waals surface area contributed by atoms with E-state index >= 15 is 0 Å². The molecule has 0 saturated heterocycles. The van der Waals surface area contributed by atoms with Crippen LogP contribution in [0.5, 0.6) is 11.5 Å². The Morgan fingerprint density at radius 1 is 1.04 bits per heavy atom. The second-order valence-corrected chi connectivity index (χ2v) is 6.93. The molecule has 0 aliphatic carbocycles. The molecule has 2 aromatic carbocycles. The van der Waals surface area contributed by atoms with Gasteiger partial charge in [0, 0.05) is 21.4 Å². The molecule has 0 saturated carbocycles. The van der Waals surface area contributed by atoms with Crippen molar-refractivity contribution in [3.8, 4) is 22.9 Å². The summed E-state index contributed by atoms with van der Waals surface area (Å²) in [6.45, 7) is 0. The van der Waals surface area contributed by atoms with Crippen LogP contribution in [0.1, 0.15) is 5.56 Å². The maximum atomic E-state index is 9.71. The first kappa shape index (κ1) is 15.2. The number of halogens is 1. The SMILES string of the molecule is Oc1ccc(C2=Nn3c(nnc3-c3ccccc3Br)SC2)cc1O. The van der Waals surface area contributed by atoms with Crippen molar-refractivity contribution in [2.45, 2.75) is 5.16 Å². The van der Waals surface area contributed by atoms with E-state index in [0.29, 0.717) is 16.7 Å². The van der Waals surface area contributed by atoms with Crippen molar-refractivity contribution in [2.24, 2.45) is 5.10 Å². The Morgan fingerprint density at radius 2 is 1.88 bits per heavy atom. The molecule has 2 heterocycles. The lowest BCUT2D eigenvalue weighted by Gasteiger charge is -2.14. The van der Waals surface area contributed by atoms with Gasteiger partial charge in [0.05, 0.1) is 5.71 Å². The maximum absolute atomic E-state index is 9.71. The molecular formula is C16H11BrN4O2S. The molecule has 4 rings (SSSR count). The van der Waals surface area contributed by atoms with Crippen LogP contribution in [0.25, 0.3) is 11.4 Å². The van der Waals surface area contributed by atoms with Gasteiger partial charge in [-0.3, -0.25) is 0 Å². The summed E-state index contributed by atoms with van der Waals surface area (Å²) in [5.41, 5.74) is 2.42. The van der Waals surface area contributed by atoms with Gasteiger partial charge in [0.15, 0.2) is 17.3 Å². The molecule has 0 fully saturated rings. The number of phenols is 2. The fourth-order valence-corrected chi connectivity index (χ4v) is 3.68. The van der Waals surface area contributed by atoms with Crippen LogP contribution >= 0.6 is 27.7 Å². The van der Waals surface area contributed by atoms with Gasteiger partial charge in [-0.25, -0.2) is 0 Å². The topological polar surface area (TPSA) is 83.5 Å². The summed E-state index contributed by atoms with van der Waals surface area (Å²) in [5.74, 6) is 0.936. The average molecular weight is 403 g/mol. The van der Waals surface area contributed by atoms with Gasteiger partial charge in [0.1, 0.15) is 0 Å². The number of aromatic nitrogens is 3. The van der Waals surface area contributed by atoms with Crippen molar-refractivity contribution in [1.82, 2.24) is 14.9 Å². The Bertz CT molecular complexity index is 970. The highest BCUT2D eigenvalue weighted by atomic mass is 79.9. The van der Waals surface area contributed by atoms with Gasteiger partial charge in [0.25, 0.3) is 0 Å². The van der Waals surface area contributed by atoms with Crippen LogP contribution in [0.2, 0.25) is 0 Å². The van der Waals surface area contributed by atoms with E-state index in [0.717, 1.165) is 21.3 Å². The molecule has 1 aliphatic rings. The smallest absolute Gasteiger partial charge is 0.212 e. The molecule has 3 aromatic rings. The molecule has 0 bridgehead atoms. The number of nitrogens with zero attached hydrogens (tertiary/aromatic N) is 4. The number of hydrogen-bond donors (Lipinski definition) is 2. The van der Waals surface area contributed by atoms with E-state index in [-0.39, 0.29) is 11.5 Å². The van der Waals surface area contributed by atoms with Gasteiger partial charge in [-0.15, -0.1) is 10.2 Å². The van der Waals surface area contributed by atoms with Crippen LogP contribution in [0.15, 0.2) is 57.2 Å². The second-order valence-electron chi connectivity index (χ2n) is 5.14. The van der Waals surface area contributed by atoms with E-state index in [1.165, 1.54) is 23.9 Å². The van der Waals surface area contributed by atoms with E-state index in [1.54, 1.807) is 10.7 Å². The van der Waals surface area contributed by atoms with E-state index in [2.05, 4.69) is 31.2 Å². The molecule has 0 atom stereocenters. The summed E-state index contributed by atoms with van der Waals surface area (Å²) in [4.78, 5) is 0. The summed E-state index contributed by atoms with van der Waals surface area (Å²) in [5, 5.41) is 33.0. The number of aromatic hydroxyl groups is 2. The Balaban J connectivity index is 1.82. The molecule has 2 N–H and O–H groups in total. The van der Waals surface area contributed by atoms with Gasteiger partial charge < -0.3 is 10.2 Å². The number of fused-ring (bicyclic) bond motifs is 1. The molecule has 24 heavy (non-hydrogen) atoms. The number of hydrogen-bond acceptors (Lipinski definition) is 6. The summed E-state index contributed by atoms with van der Waals surface area (Å²) in [7, 11) is 0. The zero-order valence-electron chi connectivity index (χ0n) is 12.2. The minimum atomic E-state index is -0.166. The van der Waals surface area contributed by atoms with Crippen LogP contribution in [-0.2, 0) is 0 Å². The summed E-state index contributed by atoms with van der Waals surface area (Å²) in [6, 6.07) is 12.4. The first-order chi connectivity index (χ1) is 11.6. The minimum absolute atomic E-state index is 0.151. The quantitative estimate of drug-likeness (QED) is 0.641. The lowest BCUT2D eigenvalue weighted by atomic mass is 10.1. The summed E-state index contributed by atoms with van der Waals surface area (Å²) in [6.07, 6.45) is 0. The third-order valence-electron chi connectivity index (χ3n) is 3.59. The number of phenolic OH excluding ortho intramolecular Hbond substituents is 2. The van der Waals surface area contributed by atoms with E-state index < -0.39 is 0 Å². The first-order valence-corrected chi connectivity index (χ1v) is 8.84. The third-order valence-corrected chi connectivity index (χ3v) is 5.22. The summed E-state index contributed by atoms with van der Waals surface area (Å²) >= 11 is 5.05. The molecule has 8 heteroatoms. The molecule has 0 radical (unpaired) electrons. The first-order valence-electron chi connectivity index (χ1n) is 7.07. The minimum Gasteiger partial charge on any atom is -0.504 e. The van der Waals surface area contributed by atoms with Crippen molar-refractivity contribution >= 4 is 33.4 Å². The Kier molecular flexibility index (Phi) is 3.78. The molecule has 1 aliphatic heterocycles. The van der Waals surface area contributed by atoms with Crippen LogP contribution < -0.4 is 0 Å². The van der Waals surface area contributed by atoms with Gasteiger partial charge in [-0.1, -0.05) is 39.8 Å². The number of rotatable bonds is 2. The van der Waals surface area contributed by atoms with Crippen molar-refractivity contribution in [1.29, 1.82) is 0 Å². The molecule has 0 unspecified atom stereocenters. The van der Waals surface area contributed by atoms with Crippen molar-refractivity contribution < 1.29 is 10.2 Å². The highest BCUT2D eigenvalue weighted by molar-refractivity contribution is 9.10. The monoisotopic (exact) mass is 402 g/mol. The van der Waals surface area contributed by atoms with Crippen LogP contribution in [0.4, 0.5) is 0 Å². The van der Waals surface area contributed by atoms with E-state index in [4.69, 9.17) is 0 Å². The normalized spacial score (nSPS) is 13.5. The predicted octanol–water partition coefficient (Wildman–Crippen LogP) is 3.48. The fraction of sp³-hybridized carbons (Fsp3) is 0.0625. The third kappa shape index (κ3) is 2.57. The van der Waals surface area contributed by atoms with Crippen LogP contribution in [0, 0.1) is 0 Å². The fourth-order valence-electron chi connectivity index (χ4n) is 2.38. The molecule has 6 nitrogen and oxygen atoms in total. The van der Waals surface area contributed by atoms with Crippen molar-refractivity contribution in [3.63, 3.8) is 0 Å². The largest absolute Gasteiger partial charge is 0.504 e. The zero-order valence-corrected chi connectivity index (χ0v) is 14.6. The lowest BCUT2D eigenvalue weighted by Crippen LogP contribution is -2.13. The van der Waals surface area contributed by atoms with Gasteiger partial charge >= 0.3 is 0 Å². The molecule has 0 spiro atoms. The van der Waals surface area contributed by atoms with Crippen molar-refractivity contribution in [2.75, 3.05) is 5.75 Å². The van der Waals surface area contributed by atoms with Crippen LogP contribution in [0.3, 0.4) is 0 Å². The predicted molar refractivity (Wildman–Crippen MR) is 95.6 cm³/mol. The molecular weight excluding hydrogens is 392 g/mol. The molecule has 1 aromatic heterocycles. The van der Waals surface area contributed by atoms with Gasteiger partial charge in [0.2, 0.25) is 5.16 Å². The Hall–Kier alpha value is -2.32. The van der Waals surface area contributed by atoms with E-state index in [9.17, 15) is 10.2 Å². The standard InChI is InChI=1S/C16H11BrN4O2S/c17-11-4-2-1-3-10(11)15-18-19-16-21(15)20-12(8-24-16)9-5-6-13(22)14(23)7-9/h1-7,22-23H,8H2. The second kappa shape index (κ2) is 5.95. The lowest BCUT2D eigenvalue weighted by molar-refractivity contribution is 0.403. The molecule has 120 valence electrons. The average Bonchev–Trinajstić information content (AvgIpc) is 3.01. The van der Waals surface area contributed by atoms with Gasteiger partial charge in [-0.05, 0) is 30.3 Å². The number of thioether (sulfide) groups is 1. The number of benzene rings is 2. The highest BCUT2D eigenvalue weighted by Gasteiger charge is 2.22. The maximum Gasteiger partial charge on any atom is 0.212 e. The van der Waals surface area contributed by atoms with Crippen molar-refractivity contribution in [3.05, 3.63) is 52.5 Å². The highest BCUT2D eigenvalue weighted by Crippen LogP contribution is 2.33.